The maximum absolute atomic E-state index is 12.1. The van der Waals surface area contributed by atoms with E-state index in [2.05, 4.69) is 19.9 Å². The highest BCUT2D eigenvalue weighted by Gasteiger charge is 2.22. The molecule has 1 unspecified atom stereocenters. The number of unbranched alkanes of at least 4 members (excludes halogenated alkanes) is 1. The zero-order valence-electron chi connectivity index (χ0n) is 12.9. The van der Waals surface area contributed by atoms with E-state index >= 15 is 0 Å². The van der Waals surface area contributed by atoms with Crippen LogP contribution in [-0.4, -0.2) is 17.3 Å². The van der Waals surface area contributed by atoms with Gasteiger partial charge >= 0.3 is 7.60 Å². The van der Waals surface area contributed by atoms with Gasteiger partial charge < -0.3 is 14.2 Å². The maximum atomic E-state index is 12.1. The second kappa shape index (κ2) is 9.01. The van der Waals surface area contributed by atoms with E-state index in [0.29, 0.717) is 12.2 Å². The Labute approximate surface area is 127 Å². The molecule has 0 aliphatic rings. The van der Waals surface area contributed by atoms with Crippen LogP contribution < -0.4 is 4.52 Å². The summed E-state index contributed by atoms with van der Waals surface area (Å²) in [6.45, 7) is 4.19. The average molecular weight is 312 g/mol. The number of hydrogen-bond donors (Lipinski definition) is 1. The van der Waals surface area contributed by atoms with E-state index in [1.54, 1.807) is 6.07 Å². The predicted molar refractivity (Wildman–Crippen MR) is 85.1 cm³/mol. The Morgan fingerprint density at radius 3 is 2.57 bits per heavy atom. The van der Waals surface area contributed by atoms with Gasteiger partial charge in [-0.05, 0) is 36.5 Å². The van der Waals surface area contributed by atoms with Crippen LogP contribution in [0.25, 0.3) is 0 Å². The van der Waals surface area contributed by atoms with Crippen molar-refractivity contribution in [1.82, 2.24) is 0 Å². The predicted octanol–water partition coefficient (Wildman–Crippen LogP) is 4.13. The van der Waals surface area contributed by atoms with Gasteiger partial charge in [-0.15, -0.1) is 0 Å². The van der Waals surface area contributed by atoms with Crippen LogP contribution in [0.2, 0.25) is 0 Å². The lowest BCUT2D eigenvalue weighted by atomic mass is 9.99. The summed E-state index contributed by atoms with van der Waals surface area (Å²) in [7, 11) is -3.69. The van der Waals surface area contributed by atoms with Gasteiger partial charge in [-0.25, -0.2) is 4.57 Å². The molecule has 0 bridgehead atoms. The molecule has 5 heteroatoms. The van der Waals surface area contributed by atoms with Crippen LogP contribution in [0.1, 0.15) is 50.7 Å². The summed E-state index contributed by atoms with van der Waals surface area (Å²) in [6.07, 6.45) is 5.17. The standard InChI is InChI=1S/C16H25O4P/c1-3-8-14-10-7-11-16(15(14)9-4-2)20-21(18,19)13-6-5-12-17/h7,10-12H,3-6,8-9,13H2,1-2H3,(H,18,19). The molecule has 4 nitrogen and oxygen atoms in total. The van der Waals surface area contributed by atoms with Gasteiger partial charge in [0, 0.05) is 6.42 Å². The van der Waals surface area contributed by atoms with Gasteiger partial charge in [0.15, 0.2) is 0 Å². The van der Waals surface area contributed by atoms with Crippen LogP contribution in [0.4, 0.5) is 0 Å². The molecular formula is C16H25O4P. The number of aryl methyl sites for hydroxylation is 1. The van der Waals surface area contributed by atoms with Crippen molar-refractivity contribution in [2.45, 2.75) is 52.4 Å². The van der Waals surface area contributed by atoms with Crippen LogP contribution in [0.15, 0.2) is 18.2 Å². The van der Waals surface area contributed by atoms with E-state index < -0.39 is 7.60 Å². The van der Waals surface area contributed by atoms with E-state index in [0.717, 1.165) is 37.5 Å². The summed E-state index contributed by atoms with van der Waals surface area (Å²) in [5, 5.41) is 0. The second-order valence-corrected chi connectivity index (χ2v) is 7.06. The lowest BCUT2D eigenvalue weighted by Crippen LogP contribution is -2.03. The third kappa shape index (κ3) is 6.03. The Bertz CT molecular complexity index is 499. The van der Waals surface area contributed by atoms with Crippen molar-refractivity contribution in [3.8, 4) is 5.75 Å². The Balaban J connectivity index is 2.92. The zero-order valence-corrected chi connectivity index (χ0v) is 13.8. The molecule has 0 saturated heterocycles. The molecule has 0 amide bonds. The first-order chi connectivity index (χ1) is 10.0. The van der Waals surface area contributed by atoms with Crippen LogP contribution in [0.3, 0.4) is 0 Å². The molecule has 1 aromatic carbocycles. The van der Waals surface area contributed by atoms with E-state index in [-0.39, 0.29) is 12.6 Å². The summed E-state index contributed by atoms with van der Waals surface area (Å²) in [6, 6.07) is 5.67. The van der Waals surface area contributed by atoms with E-state index in [1.807, 2.05) is 6.07 Å². The van der Waals surface area contributed by atoms with Gasteiger partial charge in [0.1, 0.15) is 12.0 Å². The smallest absolute Gasteiger partial charge is 0.376 e. The maximum Gasteiger partial charge on any atom is 0.376 e. The van der Waals surface area contributed by atoms with Gasteiger partial charge in [0.25, 0.3) is 0 Å². The van der Waals surface area contributed by atoms with Gasteiger partial charge in [-0.1, -0.05) is 38.8 Å². The van der Waals surface area contributed by atoms with Gasteiger partial charge in [-0.2, -0.15) is 0 Å². The first-order valence-corrected chi connectivity index (χ1v) is 9.36. The van der Waals surface area contributed by atoms with Crippen molar-refractivity contribution >= 4 is 13.9 Å². The Morgan fingerprint density at radius 1 is 1.24 bits per heavy atom. The minimum atomic E-state index is -3.69. The summed E-state index contributed by atoms with van der Waals surface area (Å²) >= 11 is 0. The van der Waals surface area contributed by atoms with Crippen molar-refractivity contribution in [2.24, 2.45) is 0 Å². The SMILES string of the molecule is CCCc1cccc(OP(=O)(O)CCCC=O)c1CCC. The fraction of sp³-hybridized carbons (Fsp3) is 0.562. The fourth-order valence-electron chi connectivity index (χ4n) is 2.31. The topological polar surface area (TPSA) is 63.6 Å². The number of rotatable bonds is 10. The summed E-state index contributed by atoms with van der Waals surface area (Å²) in [4.78, 5) is 20.2. The van der Waals surface area contributed by atoms with Crippen LogP contribution in [0.5, 0.6) is 5.75 Å². The molecule has 0 aliphatic heterocycles. The highest BCUT2D eigenvalue weighted by molar-refractivity contribution is 7.53. The largest absolute Gasteiger partial charge is 0.424 e. The number of benzene rings is 1. The highest BCUT2D eigenvalue weighted by atomic mass is 31.2. The molecule has 0 fully saturated rings. The van der Waals surface area contributed by atoms with Crippen LogP contribution in [0, 0.1) is 0 Å². The van der Waals surface area contributed by atoms with Gasteiger partial charge in [0.2, 0.25) is 0 Å². The highest BCUT2D eigenvalue weighted by Crippen LogP contribution is 2.45. The van der Waals surface area contributed by atoms with E-state index in [4.69, 9.17) is 4.52 Å². The van der Waals surface area contributed by atoms with Crippen molar-refractivity contribution in [2.75, 3.05) is 6.16 Å². The number of hydrogen-bond acceptors (Lipinski definition) is 3. The summed E-state index contributed by atoms with van der Waals surface area (Å²) in [5.74, 6) is 0.514. The van der Waals surface area contributed by atoms with Crippen molar-refractivity contribution in [3.63, 3.8) is 0 Å². The third-order valence-electron chi connectivity index (χ3n) is 3.25. The molecule has 1 N–H and O–H groups in total. The second-order valence-electron chi connectivity index (χ2n) is 5.16. The molecular weight excluding hydrogens is 287 g/mol. The Kier molecular flexibility index (Phi) is 7.69. The molecule has 21 heavy (non-hydrogen) atoms. The molecule has 0 heterocycles. The monoisotopic (exact) mass is 312 g/mol. The first kappa shape index (κ1) is 17.9. The molecule has 1 aromatic rings. The third-order valence-corrected chi connectivity index (χ3v) is 4.62. The van der Waals surface area contributed by atoms with Gasteiger partial charge in [-0.3, -0.25) is 0 Å². The van der Waals surface area contributed by atoms with Crippen LogP contribution in [-0.2, 0) is 22.2 Å². The lowest BCUT2D eigenvalue weighted by molar-refractivity contribution is -0.107. The molecule has 0 saturated carbocycles. The molecule has 0 aromatic heterocycles. The number of carbonyl (C=O) groups is 1. The lowest BCUT2D eigenvalue weighted by Gasteiger charge is -2.18. The van der Waals surface area contributed by atoms with Crippen molar-refractivity contribution in [1.29, 1.82) is 0 Å². The van der Waals surface area contributed by atoms with Crippen molar-refractivity contribution in [3.05, 3.63) is 29.3 Å². The van der Waals surface area contributed by atoms with E-state index in [1.165, 1.54) is 5.56 Å². The quantitative estimate of drug-likeness (QED) is 0.401. The Morgan fingerprint density at radius 2 is 1.95 bits per heavy atom. The molecule has 118 valence electrons. The normalized spacial score (nSPS) is 13.7. The van der Waals surface area contributed by atoms with Crippen molar-refractivity contribution < 1.29 is 18.8 Å². The average Bonchev–Trinajstić information content (AvgIpc) is 2.42. The molecule has 1 rings (SSSR count). The zero-order chi connectivity index (χ0) is 15.7. The Hall–Kier alpha value is -1.12. The minimum absolute atomic E-state index is 0.00924. The molecule has 1 atom stereocenters. The van der Waals surface area contributed by atoms with Crippen LogP contribution >= 0.6 is 7.60 Å². The minimum Gasteiger partial charge on any atom is -0.424 e. The number of carbonyl (C=O) groups excluding carboxylic acids is 1. The molecule has 0 spiro atoms. The number of aldehydes is 1. The summed E-state index contributed by atoms with van der Waals surface area (Å²) < 4.78 is 17.5. The molecule has 0 radical (unpaired) electrons. The fourth-order valence-corrected chi connectivity index (χ4v) is 3.46. The summed E-state index contributed by atoms with van der Waals surface area (Å²) in [5.41, 5.74) is 2.22. The van der Waals surface area contributed by atoms with E-state index in [9.17, 15) is 14.3 Å². The van der Waals surface area contributed by atoms with Gasteiger partial charge in [0.05, 0.1) is 6.16 Å². The first-order valence-electron chi connectivity index (χ1n) is 7.59. The molecule has 0 aliphatic carbocycles.